The quantitative estimate of drug-likeness (QED) is 0.819. The van der Waals surface area contributed by atoms with Crippen molar-refractivity contribution >= 4 is 30.7 Å². The van der Waals surface area contributed by atoms with E-state index in [1.54, 1.807) is 0 Å². The van der Waals surface area contributed by atoms with Crippen LogP contribution in [-0.2, 0) is 22.4 Å². The number of nitrogens with one attached hydrogen (secondary N) is 1. The molecule has 1 fully saturated rings. The maximum absolute atomic E-state index is 12.6. The molecular formula is C18H29Cl2N3O2. The average molecular weight is 390 g/mol. The molecule has 0 atom stereocenters. The highest BCUT2D eigenvalue weighted by Crippen LogP contribution is 2.33. The molecule has 2 aliphatic rings. The van der Waals surface area contributed by atoms with Crippen LogP contribution in [0.2, 0.25) is 0 Å². The van der Waals surface area contributed by atoms with Gasteiger partial charge >= 0.3 is 0 Å². The number of benzene rings is 1. The number of likely N-dealkylation sites (N-methyl/N-ethyl adjacent to an activating group) is 1. The normalized spacial score (nSPS) is 20.2. The zero-order chi connectivity index (χ0) is 16.5. The second-order valence-electron chi connectivity index (χ2n) is 7.19. The predicted octanol–water partition coefficient (Wildman–Crippen LogP) is 1.55. The fourth-order valence-corrected chi connectivity index (χ4v) is 3.66. The summed E-state index contributed by atoms with van der Waals surface area (Å²) in [5.41, 5.74) is 8.19. The molecular weight excluding hydrogens is 361 g/mol. The molecule has 0 bridgehead atoms. The standard InChI is InChI=1S/C18H27N3O2.2ClH/c1-21(2)17(11-14-5-3-4-6-15(14)12-17)13-20-16(22)18(19)7-9-23-10-8-18;;/h3-6H,7-13,19H2,1-2H3,(H,20,22);2*1H. The van der Waals surface area contributed by atoms with Crippen molar-refractivity contribution in [1.82, 2.24) is 10.2 Å². The van der Waals surface area contributed by atoms with Crippen molar-refractivity contribution in [3.05, 3.63) is 35.4 Å². The Morgan fingerprint density at radius 2 is 1.68 bits per heavy atom. The summed E-state index contributed by atoms with van der Waals surface area (Å²) in [5, 5.41) is 3.13. The van der Waals surface area contributed by atoms with Crippen LogP contribution in [0.15, 0.2) is 24.3 Å². The first-order valence-electron chi connectivity index (χ1n) is 8.34. The lowest BCUT2D eigenvalue weighted by Crippen LogP contribution is -2.61. The minimum Gasteiger partial charge on any atom is -0.381 e. The molecule has 1 aromatic carbocycles. The van der Waals surface area contributed by atoms with Gasteiger partial charge in [-0.3, -0.25) is 4.79 Å². The van der Waals surface area contributed by atoms with Crippen LogP contribution in [0, 0.1) is 0 Å². The van der Waals surface area contributed by atoms with Crippen LogP contribution in [0.1, 0.15) is 24.0 Å². The van der Waals surface area contributed by atoms with Gasteiger partial charge in [-0.25, -0.2) is 0 Å². The molecule has 1 heterocycles. The number of ether oxygens (including phenoxy) is 1. The fraction of sp³-hybridized carbons (Fsp3) is 0.611. The molecule has 25 heavy (non-hydrogen) atoms. The zero-order valence-corrected chi connectivity index (χ0v) is 16.5. The number of amides is 1. The number of nitrogens with two attached hydrogens (primary N) is 1. The molecule has 3 N–H and O–H groups in total. The molecule has 1 saturated heterocycles. The van der Waals surface area contributed by atoms with E-state index in [9.17, 15) is 4.79 Å². The molecule has 1 aromatic rings. The van der Waals surface area contributed by atoms with E-state index in [0.717, 1.165) is 12.8 Å². The van der Waals surface area contributed by atoms with Gasteiger partial charge in [-0.2, -0.15) is 0 Å². The van der Waals surface area contributed by atoms with E-state index in [1.165, 1.54) is 11.1 Å². The van der Waals surface area contributed by atoms with Gasteiger partial charge in [0.25, 0.3) is 0 Å². The third-order valence-electron chi connectivity index (χ3n) is 5.52. The molecule has 3 rings (SSSR count). The third kappa shape index (κ3) is 4.47. The van der Waals surface area contributed by atoms with Crippen molar-refractivity contribution < 1.29 is 9.53 Å². The summed E-state index contributed by atoms with van der Waals surface area (Å²) in [6, 6.07) is 8.54. The Kier molecular flexibility index (Phi) is 7.71. The van der Waals surface area contributed by atoms with Crippen molar-refractivity contribution in [1.29, 1.82) is 0 Å². The third-order valence-corrected chi connectivity index (χ3v) is 5.52. The van der Waals surface area contributed by atoms with E-state index >= 15 is 0 Å². The lowest BCUT2D eigenvalue weighted by Gasteiger charge is -2.38. The van der Waals surface area contributed by atoms with Crippen LogP contribution in [0.3, 0.4) is 0 Å². The summed E-state index contributed by atoms with van der Waals surface area (Å²) in [6.45, 7) is 1.75. The van der Waals surface area contributed by atoms with Crippen LogP contribution in [-0.4, -0.2) is 55.7 Å². The van der Waals surface area contributed by atoms with Gasteiger partial charge in [-0.1, -0.05) is 24.3 Å². The Morgan fingerprint density at radius 1 is 1.16 bits per heavy atom. The lowest BCUT2D eigenvalue weighted by atomic mass is 9.89. The molecule has 1 aliphatic heterocycles. The second-order valence-corrected chi connectivity index (χ2v) is 7.19. The predicted molar refractivity (Wildman–Crippen MR) is 105 cm³/mol. The second kappa shape index (κ2) is 8.69. The van der Waals surface area contributed by atoms with Gasteiger partial charge in [0.15, 0.2) is 0 Å². The molecule has 1 amide bonds. The van der Waals surface area contributed by atoms with Crippen LogP contribution < -0.4 is 11.1 Å². The fourth-order valence-electron chi connectivity index (χ4n) is 3.66. The molecule has 5 nitrogen and oxygen atoms in total. The summed E-state index contributed by atoms with van der Waals surface area (Å²) >= 11 is 0. The van der Waals surface area contributed by atoms with Gasteiger partial charge in [0.2, 0.25) is 5.91 Å². The largest absolute Gasteiger partial charge is 0.381 e. The number of carbonyl (C=O) groups is 1. The van der Waals surface area contributed by atoms with Gasteiger partial charge < -0.3 is 20.7 Å². The van der Waals surface area contributed by atoms with Crippen molar-refractivity contribution in [2.24, 2.45) is 5.73 Å². The van der Waals surface area contributed by atoms with Gasteiger partial charge in [0.05, 0.1) is 5.54 Å². The van der Waals surface area contributed by atoms with Crippen LogP contribution in [0.5, 0.6) is 0 Å². The number of hydrogen-bond acceptors (Lipinski definition) is 4. The lowest BCUT2D eigenvalue weighted by molar-refractivity contribution is -0.130. The zero-order valence-electron chi connectivity index (χ0n) is 14.9. The van der Waals surface area contributed by atoms with Crippen molar-refractivity contribution in [2.45, 2.75) is 36.8 Å². The van der Waals surface area contributed by atoms with E-state index in [-0.39, 0.29) is 36.3 Å². The smallest absolute Gasteiger partial charge is 0.240 e. The first-order valence-corrected chi connectivity index (χ1v) is 8.34. The van der Waals surface area contributed by atoms with Crippen molar-refractivity contribution in [2.75, 3.05) is 33.9 Å². The summed E-state index contributed by atoms with van der Waals surface area (Å²) < 4.78 is 5.33. The van der Waals surface area contributed by atoms with Crippen molar-refractivity contribution in [3.63, 3.8) is 0 Å². The minimum atomic E-state index is -0.781. The molecule has 1 aliphatic carbocycles. The topological polar surface area (TPSA) is 67.6 Å². The summed E-state index contributed by atoms with van der Waals surface area (Å²) in [6.07, 6.45) is 3.09. The number of nitrogens with zero attached hydrogens (tertiary/aromatic N) is 1. The van der Waals surface area contributed by atoms with E-state index in [1.807, 2.05) is 0 Å². The Hall–Kier alpha value is -0.850. The SMILES string of the molecule is CN(C)C1(CNC(=O)C2(N)CCOCC2)Cc2ccccc2C1.Cl.Cl. The Morgan fingerprint density at radius 3 is 2.16 bits per heavy atom. The molecule has 0 aromatic heterocycles. The van der Waals surface area contributed by atoms with E-state index in [0.29, 0.717) is 32.6 Å². The molecule has 142 valence electrons. The van der Waals surface area contributed by atoms with Gasteiger partial charge in [0.1, 0.15) is 0 Å². The molecule has 0 saturated carbocycles. The first-order chi connectivity index (χ1) is 11.0. The average Bonchev–Trinajstić information content (AvgIpc) is 2.93. The van der Waals surface area contributed by atoms with Crippen LogP contribution >= 0.6 is 24.8 Å². The number of fused-ring (bicyclic) bond motifs is 1. The summed E-state index contributed by atoms with van der Waals surface area (Å²) in [7, 11) is 4.18. The van der Waals surface area contributed by atoms with Gasteiger partial charge in [-0.05, 0) is 50.9 Å². The van der Waals surface area contributed by atoms with E-state index in [2.05, 4.69) is 48.6 Å². The molecule has 7 heteroatoms. The monoisotopic (exact) mass is 389 g/mol. The van der Waals surface area contributed by atoms with Gasteiger partial charge in [-0.15, -0.1) is 24.8 Å². The van der Waals surface area contributed by atoms with Gasteiger partial charge in [0, 0.05) is 25.3 Å². The van der Waals surface area contributed by atoms with Crippen molar-refractivity contribution in [3.8, 4) is 0 Å². The Balaban J connectivity index is 0.00000156. The summed E-state index contributed by atoms with van der Waals surface area (Å²) in [4.78, 5) is 14.8. The van der Waals surface area contributed by atoms with E-state index in [4.69, 9.17) is 10.5 Å². The summed E-state index contributed by atoms with van der Waals surface area (Å²) in [5.74, 6) is -0.0435. The maximum atomic E-state index is 12.6. The Bertz CT molecular complexity index is 564. The Labute approximate surface area is 162 Å². The number of halogens is 2. The minimum absolute atomic E-state index is 0. The van der Waals surface area contributed by atoms with Crippen LogP contribution in [0.25, 0.3) is 0 Å². The highest BCUT2D eigenvalue weighted by molar-refractivity contribution is 5.86. The first kappa shape index (κ1) is 22.2. The number of hydrogen-bond donors (Lipinski definition) is 2. The highest BCUT2D eigenvalue weighted by atomic mass is 35.5. The number of carbonyl (C=O) groups excluding carboxylic acids is 1. The highest BCUT2D eigenvalue weighted by Gasteiger charge is 2.41. The van der Waals surface area contributed by atoms with E-state index < -0.39 is 5.54 Å². The molecule has 0 radical (unpaired) electrons. The molecule has 0 unspecified atom stereocenters. The maximum Gasteiger partial charge on any atom is 0.240 e. The van der Waals surface area contributed by atoms with Crippen LogP contribution in [0.4, 0.5) is 0 Å². The molecule has 0 spiro atoms. The number of rotatable bonds is 4.